The maximum atomic E-state index is 13.2. The van der Waals surface area contributed by atoms with Crippen molar-refractivity contribution in [2.75, 3.05) is 29.9 Å². The molecule has 164 valence electrons. The van der Waals surface area contributed by atoms with E-state index in [0.717, 1.165) is 63.2 Å². The van der Waals surface area contributed by atoms with Gasteiger partial charge in [-0.1, -0.05) is 43.7 Å². The van der Waals surface area contributed by atoms with Gasteiger partial charge in [0.25, 0.3) is 5.91 Å². The number of nitrogens with one attached hydrogen (secondary N) is 2. The fourth-order valence-corrected chi connectivity index (χ4v) is 4.30. The average Bonchev–Trinajstić information content (AvgIpc) is 2.74. The highest BCUT2D eigenvalue weighted by Gasteiger charge is 2.26. The SMILES string of the molecule is CC1CCN(c2ccc(NC(=O)C3CCC3)cc2C(=O)NCCc2ccccc2)CC1. The third-order valence-corrected chi connectivity index (χ3v) is 6.65. The summed E-state index contributed by atoms with van der Waals surface area (Å²) < 4.78 is 0. The van der Waals surface area contributed by atoms with Gasteiger partial charge in [-0.25, -0.2) is 0 Å². The number of rotatable bonds is 7. The summed E-state index contributed by atoms with van der Waals surface area (Å²) in [6, 6.07) is 16.0. The van der Waals surface area contributed by atoms with Crippen LogP contribution in [0, 0.1) is 11.8 Å². The lowest BCUT2D eigenvalue weighted by atomic mass is 9.85. The predicted molar refractivity (Wildman–Crippen MR) is 126 cm³/mol. The number of hydrogen-bond donors (Lipinski definition) is 2. The molecule has 2 aromatic rings. The second kappa shape index (κ2) is 9.99. The molecule has 5 heteroatoms. The van der Waals surface area contributed by atoms with Gasteiger partial charge in [0.15, 0.2) is 0 Å². The number of anilines is 2. The third kappa shape index (κ3) is 5.46. The first-order chi connectivity index (χ1) is 15.1. The zero-order valence-corrected chi connectivity index (χ0v) is 18.4. The monoisotopic (exact) mass is 419 g/mol. The second-order valence-corrected chi connectivity index (χ2v) is 9.01. The molecule has 1 aliphatic heterocycles. The van der Waals surface area contributed by atoms with Gasteiger partial charge in [0.2, 0.25) is 5.91 Å². The minimum atomic E-state index is -0.0794. The summed E-state index contributed by atoms with van der Waals surface area (Å²) in [5.41, 5.74) is 3.52. The average molecular weight is 420 g/mol. The van der Waals surface area contributed by atoms with Crippen LogP contribution in [-0.4, -0.2) is 31.4 Å². The van der Waals surface area contributed by atoms with Crippen LogP contribution in [0.3, 0.4) is 0 Å². The number of carbonyl (C=O) groups is 2. The molecule has 0 aromatic heterocycles. The minimum absolute atomic E-state index is 0.0706. The van der Waals surface area contributed by atoms with Gasteiger partial charge in [-0.15, -0.1) is 0 Å². The topological polar surface area (TPSA) is 61.4 Å². The van der Waals surface area contributed by atoms with E-state index in [9.17, 15) is 9.59 Å². The highest BCUT2D eigenvalue weighted by molar-refractivity contribution is 6.02. The van der Waals surface area contributed by atoms with Crippen molar-refractivity contribution in [2.24, 2.45) is 11.8 Å². The summed E-state index contributed by atoms with van der Waals surface area (Å²) in [5, 5.41) is 6.10. The predicted octanol–water partition coefficient (Wildman–Crippen LogP) is 4.63. The number of nitrogens with zero attached hydrogens (tertiary/aromatic N) is 1. The van der Waals surface area contributed by atoms with Crippen LogP contribution in [0.5, 0.6) is 0 Å². The Balaban J connectivity index is 1.48. The molecule has 0 spiro atoms. The molecule has 31 heavy (non-hydrogen) atoms. The number of hydrogen-bond acceptors (Lipinski definition) is 3. The number of benzene rings is 2. The number of piperidine rings is 1. The lowest BCUT2D eigenvalue weighted by Crippen LogP contribution is -2.35. The summed E-state index contributed by atoms with van der Waals surface area (Å²) >= 11 is 0. The quantitative estimate of drug-likeness (QED) is 0.688. The smallest absolute Gasteiger partial charge is 0.253 e. The molecule has 0 bridgehead atoms. The summed E-state index contributed by atoms with van der Waals surface area (Å²) in [6.07, 6.45) is 6.11. The maximum Gasteiger partial charge on any atom is 0.253 e. The van der Waals surface area contributed by atoms with Gasteiger partial charge in [-0.3, -0.25) is 9.59 Å². The van der Waals surface area contributed by atoms with Gasteiger partial charge in [0.1, 0.15) is 0 Å². The first kappa shape index (κ1) is 21.4. The number of amides is 2. The van der Waals surface area contributed by atoms with Crippen LogP contribution in [-0.2, 0) is 11.2 Å². The maximum absolute atomic E-state index is 13.2. The van der Waals surface area contributed by atoms with E-state index in [1.807, 2.05) is 36.4 Å². The zero-order valence-electron chi connectivity index (χ0n) is 18.4. The Labute approximate surface area is 185 Å². The van der Waals surface area contributed by atoms with Crippen molar-refractivity contribution in [3.8, 4) is 0 Å². The minimum Gasteiger partial charge on any atom is -0.371 e. The molecule has 1 saturated carbocycles. The van der Waals surface area contributed by atoms with Crippen molar-refractivity contribution >= 4 is 23.2 Å². The first-order valence-electron chi connectivity index (χ1n) is 11.6. The number of carbonyl (C=O) groups excluding carboxylic acids is 2. The highest BCUT2D eigenvalue weighted by atomic mass is 16.2. The molecular formula is C26H33N3O2. The third-order valence-electron chi connectivity index (χ3n) is 6.65. The van der Waals surface area contributed by atoms with Gasteiger partial charge in [0.05, 0.1) is 5.56 Å². The Morgan fingerprint density at radius 2 is 1.74 bits per heavy atom. The summed E-state index contributed by atoms with van der Waals surface area (Å²) in [6.45, 7) is 4.78. The molecule has 2 amide bonds. The molecular weight excluding hydrogens is 386 g/mol. The first-order valence-corrected chi connectivity index (χ1v) is 11.6. The molecule has 0 atom stereocenters. The fraction of sp³-hybridized carbons (Fsp3) is 0.462. The molecule has 2 N–H and O–H groups in total. The van der Waals surface area contributed by atoms with Gasteiger partial charge >= 0.3 is 0 Å². The van der Waals surface area contributed by atoms with Gasteiger partial charge in [-0.05, 0) is 61.8 Å². The van der Waals surface area contributed by atoms with E-state index in [0.29, 0.717) is 17.8 Å². The second-order valence-electron chi connectivity index (χ2n) is 9.01. The van der Waals surface area contributed by atoms with Crippen LogP contribution in [0.15, 0.2) is 48.5 Å². The summed E-state index contributed by atoms with van der Waals surface area (Å²) in [4.78, 5) is 27.9. The standard InChI is InChI=1S/C26H33N3O2/c1-19-13-16-29(17-14-19)24-11-10-22(28-25(30)21-8-5-9-21)18-23(24)26(31)27-15-12-20-6-3-2-4-7-20/h2-4,6-7,10-11,18-19,21H,5,8-9,12-17H2,1H3,(H,27,31)(H,28,30). The summed E-state index contributed by atoms with van der Waals surface area (Å²) in [5.74, 6) is 0.831. The highest BCUT2D eigenvalue weighted by Crippen LogP contribution is 2.31. The molecule has 4 rings (SSSR count). The van der Waals surface area contributed by atoms with E-state index in [1.54, 1.807) is 0 Å². The van der Waals surface area contributed by atoms with Crippen molar-refractivity contribution < 1.29 is 9.59 Å². The fourth-order valence-electron chi connectivity index (χ4n) is 4.30. The van der Waals surface area contributed by atoms with Crippen LogP contribution < -0.4 is 15.5 Å². The molecule has 2 fully saturated rings. The summed E-state index contributed by atoms with van der Waals surface area (Å²) in [7, 11) is 0. The Hall–Kier alpha value is -2.82. The normalized spacial score (nSPS) is 17.1. The van der Waals surface area contributed by atoms with E-state index >= 15 is 0 Å². The lowest BCUT2D eigenvalue weighted by molar-refractivity contribution is -0.122. The van der Waals surface area contributed by atoms with Crippen molar-refractivity contribution in [2.45, 2.75) is 45.4 Å². The molecule has 1 aliphatic carbocycles. The largest absolute Gasteiger partial charge is 0.371 e. The van der Waals surface area contributed by atoms with E-state index in [2.05, 4.69) is 34.6 Å². The van der Waals surface area contributed by atoms with Crippen molar-refractivity contribution in [3.05, 3.63) is 59.7 Å². The Morgan fingerprint density at radius 1 is 1.00 bits per heavy atom. The van der Waals surface area contributed by atoms with Crippen LogP contribution in [0.25, 0.3) is 0 Å². The van der Waals surface area contributed by atoms with Gasteiger partial charge < -0.3 is 15.5 Å². The van der Waals surface area contributed by atoms with Crippen molar-refractivity contribution in [1.82, 2.24) is 5.32 Å². The van der Waals surface area contributed by atoms with E-state index < -0.39 is 0 Å². The molecule has 0 unspecified atom stereocenters. The van der Waals surface area contributed by atoms with Crippen LogP contribution in [0.4, 0.5) is 11.4 Å². The van der Waals surface area contributed by atoms with E-state index in [-0.39, 0.29) is 17.7 Å². The van der Waals surface area contributed by atoms with Gasteiger partial charge in [0, 0.05) is 36.9 Å². The Morgan fingerprint density at radius 3 is 2.42 bits per heavy atom. The van der Waals surface area contributed by atoms with E-state index in [4.69, 9.17) is 0 Å². The molecule has 1 heterocycles. The zero-order chi connectivity index (χ0) is 21.6. The Kier molecular flexibility index (Phi) is 6.90. The molecule has 0 radical (unpaired) electrons. The van der Waals surface area contributed by atoms with Crippen LogP contribution >= 0.6 is 0 Å². The molecule has 2 aliphatic rings. The van der Waals surface area contributed by atoms with Crippen LogP contribution in [0.2, 0.25) is 0 Å². The van der Waals surface area contributed by atoms with Crippen molar-refractivity contribution in [1.29, 1.82) is 0 Å². The Bertz CT molecular complexity index is 900. The molecule has 1 saturated heterocycles. The lowest BCUT2D eigenvalue weighted by Gasteiger charge is -2.33. The molecule has 5 nitrogen and oxygen atoms in total. The van der Waals surface area contributed by atoms with Crippen LogP contribution in [0.1, 0.15) is 54.9 Å². The van der Waals surface area contributed by atoms with E-state index in [1.165, 1.54) is 5.56 Å². The van der Waals surface area contributed by atoms with Gasteiger partial charge in [-0.2, -0.15) is 0 Å². The molecule has 2 aromatic carbocycles. The van der Waals surface area contributed by atoms with Crippen molar-refractivity contribution in [3.63, 3.8) is 0 Å².